The molecule has 0 saturated heterocycles. The van der Waals surface area contributed by atoms with Gasteiger partial charge in [-0.05, 0) is 130 Å². The third-order valence-corrected chi connectivity index (χ3v) is 11.0. The van der Waals surface area contributed by atoms with E-state index in [4.69, 9.17) is 15.6 Å². The highest BCUT2D eigenvalue weighted by molar-refractivity contribution is 6.12. The van der Waals surface area contributed by atoms with Gasteiger partial charge in [0, 0.05) is 44.6 Å². The molecule has 2 N–H and O–H groups in total. The SMILES string of the molecule is N=C(OC(=N)c1ccc(N(c2ccccc2)c2ccc(-c3ccc4c(c3)c3cc(-c5cccc6ccccc56)ccc3n4-c3ccccc3)cc2)cc1)c1ccccc1. The number of nitrogens with zero attached hydrogens (tertiary/aromatic N) is 2. The Balaban J connectivity index is 1.01. The molecule has 10 aromatic rings. The number of para-hydroxylation sites is 2. The third-order valence-electron chi connectivity index (χ3n) is 11.0. The fourth-order valence-corrected chi connectivity index (χ4v) is 8.10. The average molecular weight is 759 g/mol. The number of aromatic nitrogens is 1. The zero-order valence-corrected chi connectivity index (χ0v) is 32.1. The van der Waals surface area contributed by atoms with Crippen LogP contribution in [0.3, 0.4) is 0 Å². The van der Waals surface area contributed by atoms with Crippen molar-refractivity contribution in [3.8, 4) is 27.9 Å². The standard InChI is InChI=1S/C54H38N4O/c55-53(39-14-4-1-5-15-39)59-54(56)40-25-31-46(32-26-40)57(43-17-6-2-7-18-43)45-29-23-37(24-30-45)41-27-33-51-49(35-41)50-36-42(48-22-12-16-38-13-10-11-21-47(38)48)28-34-52(50)58(51)44-19-8-3-9-20-44/h1-36,55-56H. The highest BCUT2D eigenvalue weighted by Crippen LogP contribution is 2.40. The van der Waals surface area contributed by atoms with E-state index in [0.29, 0.717) is 11.1 Å². The van der Waals surface area contributed by atoms with E-state index in [0.717, 1.165) is 39.4 Å². The van der Waals surface area contributed by atoms with E-state index in [1.807, 2.05) is 60.7 Å². The highest BCUT2D eigenvalue weighted by atomic mass is 16.5. The molecule has 0 aliphatic carbocycles. The van der Waals surface area contributed by atoms with Gasteiger partial charge in [-0.1, -0.05) is 121 Å². The van der Waals surface area contributed by atoms with E-state index >= 15 is 0 Å². The van der Waals surface area contributed by atoms with Gasteiger partial charge in [0.25, 0.3) is 0 Å². The molecule has 9 aromatic carbocycles. The quantitative estimate of drug-likeness (QED) is 0.120. The Hall–Kier alpha value is -8.02. The van der Waals surface area contributed by atoms with Crippen molar-refractivity contribution in [2.24, 2.45) is 0 Å². The molecule has 280 valence electrons. The summed E-state index contributed by atoms with van der Waals surface area (Å²) < 4.78 is 7.98. The lowest BCUT2D eigenvalue weighted by atomic mass is 9.96. The van der Waals surface area contributed by atoms with Gasteiger partial charge in [-0.25, -0.2) is 0 Å². The Morgan fingerprint density at radius 3 is 1.56 bits per heavy atom. The normalized spacial score (nSPS) is 11.2. The number of ether oxygens (including phenoxy) is 1. The number of rotatable bonds is 8. The molecule has 0 spiro atoms. The molecule has 0 unspecified atom stereocenters. The van der Waals surface area contributed by atoms with Crippen LogP contribution < -0.4 is 4.90 Å². The molecule has 5 nitrogen and oxygen atoms in total. The topological polar surface area (TPSA) is 65.1 Å². The summed E-state index contributed by atoms with van der Waals surface area (Å²) in [6.07, 6.45) is 0. The van der Waals surface area contributed by atoms with E-state index in [9.17, 15) is 0 Å². The van der Waals surface area contributed by atoms with Crippen molar-refractivity contribution in [1.29, 1.82) is 10.8 Å². The first-order valence-electron chi connectivity index (χ1n) is 19.7. The highest BCUT2D eigenvalue weighted by Gasteiger charge is 2.17. The van der Waals surface area contributed by atoms with E-state index < -0.39 is 0 Å². The predicted octanol–water partition coefficient (Wildman–Crippen LogP) is 14.1. The van der Waals surface area contributed by atoms with Crippen LogP contribution in [0.1, 0.15) is 11.1 Å². The number of fused-ring (bicyclic) bond motifs is 4. The Labute approximate surface area is 342 Å². The van der Waals surface area contributed by atoms with Gasteiger partial charge >= 0.3 is 0 Å². The predicted molar refractivity (Wildman–Crippen MR) is 245 cm³/mol. The van der Waals surface area contributed by atoms with Gasteiger partial charge in [0.2, 0.25) is 11.8 Å². The van der Waals surface area contributed by atoms with Gasteiger partial charge in [0.05, 0.1) is 11.0 Å². The van der Waals surface area contributed by atoms with Gasteiger partial charge in [0.15, 0.2) is 0 Å². The molecule has 59 heavy (non-hydrogen) atoms. The lowest BCUT2D eigenvalue weighted by Gasteiger charge is -2.26. The molecule has 5 heteroatoms. The van der Waals surface area contributed by atoms with Crippen LogP contribution in [0.5, 0.6) is 0 Å². The Morgan fingerprint density at radius 2 is 0.881 bits per heavy atom. The maximum Gasteiger partial charge on any atom is 0.221 e. The van der Waals surface area contributed by atoms with E-state index in [2.05, 4.69) is 155 Å². The molecular weight excluding hydrogens is 721 g/mol. The van der Waals surface area contributed by atoms with Crippen LogP contribution in [0.25, 0.3) is 60.5 Å². The van der Waals surface area contributed by atoms with Crippen LogP contribution >= 0.6 is 0 Å². The van der Waals surface area contributed by atoms with Crippen LogP contribution in [0, 0.1) is 10.8 Å². The summed E-state index contributed by atoms with van der Waals surface area (Å²) in [7, 11) is 0. The summed E-state index contributed by atoms with van der Waals surface area (Å²) >= 11 is 0. The summed E-state index contributed by atoms with van der Waals surface area (Å²) in [6, 6.07) is 75.3. The molecule has 0 atom stereocenters. The first-order valence-corrected chi connectivity index (χ1v) is 19.7. The van der Waals surface area contributed by atoms with E-state index in [-0.39, 0.29) is 11.8 Å². The minimum absolute atomic E-state index is 0.0579. The molecule has 0 fully saturated rings. The smallest absolute Gasteiger partial charge is 0.221 e. The summed E-state index contributed by atoms with van der Waals surface area (Å²) in [6.45, 7) is 0. The molecule has 0 aliphatic rings. The summed E-state index contributed by atoms with van der Waals surface area (Å²) in [4.78, 5) is 2.20. The molecule has 0 bridgehead atoms. The van der Waals surface area contributed by atoms with E-state index in [1.165, 1.54) is 38.2 Å². The second-order valence-corrected chi connectivity index (χ2v) is 14.6. The lowest BCUT2D eigenvalue weighted by Crippen LogP contribution is -2.13. The molecule has 0 amide bonds. The van der Waals surface area contributed by atoms with Crippen LogP contribution in [-0.4, -0.2) is 16.4 Å². The molecule has 10 rings (SSSR count). The second kappa shape index (κ2) is 15.1. The Morgan fingerprint density at radius 1 is 0.390 bits per heavy atom. The minimum atomic E-state index is -0.0744. The summed E-state index contributed by atoms with van der Waals surface area (Å²) in [5, 5.41) is 21.8. The minimum Gasteiger partial charge on any atom is -0.421 e. The van der Waals surface area contributed by atoms with Crippen molar-refractivity contribution >= 4 is 61.4 Å². The zero-order valence-electron chi connectivity index (χ0n) is 32.1. The van der Waals surface area contributed by atoms with Gasteiger partial charge in [0.1, 0.15) is 0 Å². The fourth-order valence-electron chi connectivity index (χ4n) is 8.10. The molecule has 0 aliphatic heterocycles. The Kier molecular flexibility index (Phi) is 9.09. The molecule has 0 saturated carbocycles. The van der Waals surface area contributed by atoms with Crippen molar-refractivity contribution in [3.63, 3.8) is 0 Å². The van der Waals surface area contributed by atoms with Crippen LogP contribution in [0.2, 0.25) is 0 Å². The van der Waals surface area contributed by atoms with Gasteiger partial charge < -0.3 is 14.2 Å². The first-order chi connectivity index (χ1) is 29.1. The number of hydrogen-bond acceptors (Lipinski definition) is 4. The molecule has 1 aromatic heterocycles. The Bertz CT molecular complexity index is 3130. The molecule has 0 radical (unpaired) electrons. The lowest BCUT2D eigenvalue weighted by molar-refractivity contribution is 0.538. The van der Waals surface area contributed by atoms with Crippen LogP contribution in [-0.2, 0) is 4.74 Å². The summed E-state index contributed by atoms with van der Waals surface area (Å²) in [5.74, 6) is -0.132. The van der Waals surface area contributed by atoms with Crippen molar-refractivity contribution < 1.29 is 4.74 Å². The maximum atomic E-state index is 8.56. The first kappa shape index (κ1) is 35.4. The van der Waals surface area contributed by atoms with Gasteiger partial charge in [-0.15, -0.1) is 0 Å². The average Bonchev–Trinajstić information content (AvgIpc) is 3.63. The van der Waals surface area contributed by atoms with Crippen molar-refractivity contribution in [2.75, 3.05) is 4.90 Å². The number of anilines is 3. The van der Waals surface area contributed by atoms with Crippen molar-refractivity contribution in [2.45, 2.75) is 0 Å². The van der Waals surface area contributed by atoms with Crippen LogP contribution in [0.15, 0.2) is 218 Å². The maximum absolute atomic E-state index is 8.56. The third kappa shape index (κ3) is 6.71. The molecular formula is C54H38N4O. The number of nitrogens with one attached hydrogen (secondary N) is 2. The molecule has 1 heterocycles. The largest absolute Gasteiger partial charge is 0.421 e. The van der Waals surface area contributed by atoms with Crippen molar-refractivity contribution in [1.82, 2.24) is 4.57 Å². The fraction of sp³-hybridized carbons (Fsp3) is 0. The number of hydrogen-bond donors (Lipinski definition) is 2. The zero-order chi connectivity index (χ0) is 39.7. The number of benzene rings is 9. The van der Waals surface area contributed by atoms with Gasteiger partial charge in [-0.2, -0.15) is 0 Å². The monoisotopic (exact) mass is 758 g/mol. The van der Waals surface area contributed by atoms with Crippen LogP contribution in [0.4, 0.5) is 17.1 Å². The summed E-state index contributed by atoms with van der Waals surface area (Å²) in [5.41, 5.74) is 12.3. The second-order valence-electron chi connectivity index (χ2n) is 14.6. The van der Waals surface area contributed by atoms with E-state index in [1.54, 1.807) is 12.1 Å². The van der Waals surface area contributed by atoms with Crippen molar-refractivity contribution in [3.05, 3.63) is 230 Å². The van der Waals surface area contributed by atoms with Gasteiger partial charge in [-0.3, -0.25) is 10.8 Å².